The third kappa shape index (κ3) is 5.14. The van der Waals surface area contributed by atoms with E-state index in [0.29, 0.717) is 44.3 Å². The molecule has 25 heavy (non-hydrogen) atoms. The van der Waals surface area contributed by atoms with Gasteiger partial charge in [-0.2, -0.15) is 0 Å². The van der Waals surface area contributed by atoms with Crippen molar-refractivity contribution in [3.8, 4) is 0 Å². The van der Waals surface area contributed by atoms with Crippen LogP contribution in [0.4, 0.5) is 5.95 Å². The summed E-state index contributed by atoms with van der Waals surface area (Å²) in [5, 5.41) is 2.88. The molecule has 1 saturated carbocycles. The van der Waals surface area contributed by atoms with Crippen LogP contribution in [0.1, 0.15) is 32.6 Å². The molecule has 1 N–H and O–H groups in total. The van der Waals surface area contributed by atoms with E-state index in [0.717, 1.165) is 19.0 Å². The molecule has 3 rings (SSSR count). The van der Waals surface area contributed by atoms with Gasteiger partial charge < -0.3 is 15.1 Å². The van der Waals surface area contributed by atoms with Crippen molar-refractivity contribution in [2.45, 2.75) is 32.6 Å². The van der Waals surface area contributed by atoms with Crippen molar-refractivity contribution in [3.63, 3.8) is 0 Å². The van der Waals surface area contributed by atoms with Gasteiger partial charge in [0.05, 0.1) is 0 Å². The number of hydrogen-bond acceptors (Lipinski definition) is 5. The molecule has 2 amide bonds. The molecule has 1 atom stereocenters. The standard InChI is InChI=1S/C18H27N5O2/c1-14(15-3-4-15)13-16(24)19-8-5-17(25)22-9-11-23(12-10-22)18-20-6-2-7-21-18/h2,6-7,14-15H,3-5,8-13H2,1H3,(H,19,24)/t14-/m1/s1. The minimum Gasteiger partial charge on any atom is -0.356 e. The predicted molar refractivity (Wildman–Crippen MR) is 95.0 cm³/mol. The van der Waals surface area contributed by atoms with Crippen LogP contribution in [0.25, 0.3) is 0 Å². The first-order chi connectivity index (χ1) is 12.1. The van der Waals surface area contributed by atoms with Gasteiger partial charge in [0, 0.05) is 58.0 Å². The third-order valence-electron chi connectivity index (χ3n) is 5.06. The first kappa shape index (κ1) is 17.6. The second kappa shape index (κ2) is 8.27. The van der Waals surface area contributed by atoms with Crippen LogP contribution in [-0.2, 0) is 9.59 Å². The molecule has 1 aromatic heterocycles. The van der Waals surface area contributed by atoms with Gasteiger partial charge in [0.15, 0.2) is 0 Å². The molecule has 1 aromatic rings. The first-order valence-electron chi connectivity index (χ1n) is 9.20. The lowest BCUT2D eigenvalue weighted by molar-refractivity contribution is -0.131. The monoisotopic (exact) mass is 345 g/mol. The van der Waals surface area contributed by atoms with Gasteiger partial charge in [-0.15, -0.1) is 0 Å². The van der Waals surface area contributed by atoms with Crippen molar-refractivity contribution in [1.82, 2.24) is 20.2 Å². The van der Waals surface area contributed by atoms with E-state index in [-0.39, 0.29) is 11.8 Å². The maximum atomic E-state index is 12.3. The second-order valence-electron chi connectivity index (χ2n) is 7.04. The van der Waals surface area contributed by atoms with Crippen molar-refractivity contribution >= 4 is 17.8 Å². The Hall–Kier alpha value is -2.18. The fourth-order valence-corrected chi connectivity index (χ4v) is 3.27. The van der Waals surface area contributed by atoms with Crippen LogP contribution in [-0.4, -0.2) is 59.4 Å². The van der Waals surface area contributed by atoms with E-state index in [1.54, 1.807) is 18.5 Å². The molecule has 0 unspecified atom stereocenters. The molecule has 1 aliphatic heterocycles. The van der Waals surface area contributed by atoms with Crippen LogP contribution >= 0.6 is 0 Å². The summed E-state index contributed by atoms with van der Waals surface area (Å²) in [4.78, 5) is 36.6. The summed E-state index contributed by atoms with van der Waals surface area (Å²) < 4.78 is 0. The molecular formula is C18H27N5O2. The highest BCUT2D eigenvalue weighted by atomic mass is 16.2. The average molecular weight is 345 g/mol. The van der Waals surface area contributed by atoms with Crippen LogP contribution in [0.15, 0.2) is 18.5 Å². The van der Waals surface area contributed by atoms with E-state index in [2.05, 4.69) is 27.1 Å². The summed E-state index contributed by atoms with van der Waals surface area (Å²) in [6, 6.07) is 1.79. The number of aromatic nitrogens is 2. The van der Waals surface area contributed by atoms with Crippen LogP contribution in [0, 0.1) is 11.8 Å². The molecule has 7 heteroatoms. The largest absolute Gasteiger partial charge is 0.356 e. The molecule has 0 spiro atoms. The fourth-order valence-electron chi connectivity index (χ4n) is 3.27. The maximum absolute atomic E-state index is 12.3. The zero-order chi connectivity index (χ0) is 17.6. The number of rotatable bonds is 7. The lowest BCUT2D eigenvalue weighted by Gasteiger charge is -2.34. The second-order valence-corrected chi connectivity index (χ2v) is 7.04. The molecule has 136 valence electrons. The molecule has 0 bridgehead atoms. The number of nitrogens with zero attached hydrogens (tertiary/aromatic N) is 4. The Morgan fingerprint density at radius 2 is 1.88 bits per heavy atom. The fraction of sp³-hybridized carbons (Fsp3) is 0.667. The zero-order valence-corrected chi connectivity index (χ0v) is 14.9. The Bertz CT molecular complexity index is 582. The van der Waals surface area contributed by atoms with Crippen LogP contribution in [0.5, 0.6) is 0 Å². The third-order valence-corrected chi connectivity index (χ3v) is 5.06. The van der Waals surface area contributed by atoms with E-state index in [1.165, 1.54) is 12.8 Å². The maximum Gasteiger partial charge on any atom is 0.225 e. The highest BCUT2D eigenvalue weighted by Crippen LogP contribution is 2.37. The Morgan fingerprint density at radius 1 is 1.20 bits per heavy atom. The van der Waals surface area contributed by atoms with Crippen LogP contribution in [0.2, 0.25) is 0 Å². The van der Waals surface area contributed by atoms with Gasteiger partial charge in [-0.3, -0.25) is 9.59 Å². The molecule has 1 aliphatic carbocycles. The predicted octanol–water partition coefficient (Wildman–Crippen LogP) is 1.07. The van der Waals surface area contributed by atoms with Crippen LogP contribution < -0.4 is 10.2 Å². The summed E-state index contributed by atoms with van der Waals surface area (Å²) in [7, 11) is 0. The topological polar surface area (TPSA) is 78.4 Å². The van der Waals surface area contributed by atoms with E-state index in [1.807, 2.05) is 4.90 Å². The molecule has 2 fully saturated rings. The number of anilines is 1. The normalized spacial score (nSPS) is 18.8. The molecular weight excluding hydrogens is 318 g/mol. The Labute approximate surface area is 148 Å². The number of carbonyl (C=O) groups is 2. The van der Waals surface area contributed by atoms with Gasteiger partial charge in [0.25, 0.3) is 0 Å². The van der Waals surface area contributed by atoms with Crippen molar-refractivity contribution < 1.29 is 9.59 Å². The number of carbonyl (C=O) groups excluding carboxylic acids is 2. The number of amides is 2. The van der Waals surface area contributed by atoms with Gasteiger partial charge in [-0.25, -0.2) is 9.97 Å². The van der Waals surface area contributed by atoms with Gasteiger partial charge in [0.1, 0.15) is 0 Å². The van der Waals surface area contributed by atoms with Crippen molar-refractivity contribution in [2.75, 3.05) is 37.6 Å². The molecule has 7 nitrogen and oxygen atoms in total. The highest BCUT2D eigenvalue weighted by Gasteiger charge is 2.29. The lowest BCUT2D eigenvalue weighted by atomic mass is 10.0. The van der Waals surface area contributed by atoms with Crippen molar-refractivity contribution in [2.24, 2.45) is 11.8 Å². The Morgan fingerprint density at radius 3 is 2.52 bits per heavy atom. The van der Waals surface area contributed by atoms with Crippen LogP contribution in [0.3, 0.4) is 0 Å². The summed E-state index contributed by atoms with van der Waals surface area (Å²) >= 11 is 0. The van der Waals surface area contributed by atoms with E-state index < -0.39 is 0 Å². The number of nitrogens with one attached hydrogen (secondary N) is 1. The Kier molecular flexibility index (Phi) is 5.83. The van der Waals surface area contributed by atoms with E-state index in [9.17, 15) is 9.59 Å². The van der Waals surface area contributed by atoms with E-state index >= 15 is 0 Å². The number of piperazine rings is 1. The van der Waals surface area contributed by atoms with Gasteiger partial charge in [-0.1, -0.05) is 6.92 Å². The quantitative estimate of drug-likeness (QED) is 0.800. The SMILES string of the molecule is C[C@H](CC(=O)NCCC(=O)N1CCN(c2ncccn2)CC1)C1CC1. The summed E-state index contributed by atoms with van der Waals surface area (Å²) in [6.45, 7) is 5.38. The van der Waals surface area contributed by atoms with Gasteiger partial charge in [-0.05, 0) is 30.7 Å². The molecule has 2 aliphatic rings. The summed E-state index contributed by atoms with van der Waals surface area (Å²) in [5.41, 5.74) is 0. The van der Waals surface area contributed by atoms with Gasteiger partial charge in [0.2, 0.25) is 17.8 Å². The molecule has 0 radical (unpaired) electrons. The minimum absolute atomic E-state index is 0.0678. The molecule has 1 saturated heterocycles. The van der Waals surface area contributed by atoms with Crippen molar-refractivity contribution in [1.29, 1.82) is 0 Å². The number of hydrogen-bond donors (Lipinski definition) is 1. The van der Waals surface area contributed by atoms with Gasteiger partial charge >= 0.3 is 0 Å². The van der Waals surface area contributed by atoms with Crippen molar-refractivity contribution in [3.05, 3.63) is 18.5 Å². The lowest BCUT2D eigenvalue weighted by Crippen LogP contribution is -2.49. The zero-order valence-electron chi connectivity index (χ0n) is 14.9. The highest BCUT2D eigenvalue weighted by molar-refractivity contribution is 5.79. The smallest absolute Gasteiger partial charge is 0.225 e. The Balaban J connectivity index is 1.33. The average Bonchev–Trinajstić information content (AvgIpc) is 3.48. The first-order valence-corrected chi connectivity index (χ1v) is 9.20. The summed E-state index contributed by atoms with van der Waals surface area (Å²) in [5.74, 6) is 2.08. The van der Waals surface area contributed by atoms with E-state index in [4.69, 9.17) is 0 Å². The summed E-state index contributed by atoms with van der Waals surface area (Å²) in [6.07, 6.45) is 6.92. The minimum atomic E-state index is 0.0678. The molecule has 0 aromatic carbocycles. The molecule has 2 heterocycles.